The van der Waals surface area contributed by atoms with Crippen molar-refractivity contribution in [1.29, 1.82) is 0 Å². The quantitative estimate of drug-likeness (QED) is 0.0146. The van der Waals surface area contributed by atoms with Crippen LogP contribution in [0.15, 0.2) is 85.1 Å². The molecule has 0 rings (SSSR count). The Bertz CT molecular complexity index is 2180. The third kappa shape index (κ3) is 77.6. The molecule has 5 unspecified atom stereocenters. The van der Waals surface area contributed by atoms with Crippen molar-refractivity contribution in [2.45, 2.75) is 386 Å². The highest BCUT2D eigenvalue weighted by Crippen LogP contribution is 2.45. The van der Waals surface area contributed by atoms with Gasteiger partial charge in [-0.1, -0.05) is 331 Å². The number of hydrogen-bond acceptors (Lipinski definition) is 14. The van der Waals surface area contributed by atoms with Gasteiger partial charge in [-0.15, -0.1) is 0 Å². The number of esters is 3. The number of hydrogen-bond donors (Lipinski definition) is 4. The summed E-state index contributed by atoms with van der Waals surface area (Å²) in [5.74, 6) is -1.57. The number of allylic oxidation sites excluding steroid dienone is 14. The first-order chi connectivity index (χ1) is 49.2. The smallest absolute Gasteiger partial charge is 0.463 e. The van der Waals surface area contributed by atoms with Crippen LogP contribution in [0.5, 0.6) is 0 Å². The van der Waals surface area contributed by atoms with Crippen LogP contribution in [0, 0.1) is 0 Å². The van der Waals surface area contributed by atoms with E-state index in [1.54, 1.807) is 0 Å². The molecule has 0 aromatic carbocycles. The van der Waals surface area contributed by atoms with Gasteiger partial charge in [0.05, 0.1) is 26.4 Å². The normalized spacial score (nSPS) is 14.4. The van der Waals surface area contributed by atoms with Gasteiger partial charge in [0, 0.05) is 19.3 Å². The second-order valence-corrected chi connectivity index (χ2v) is 30.5. The first-order valence-corrected chi connectivity index (χ1v) is 43.9. The molecule has 0 fully saturated rings. The molecule has 0 aliphatic heterocycles. The Hall–Kier alpha value is -3.27. The van der Waals surface area contributed by atoms with Gasteiger partial charge in [-0.3, -0.25) is 32.5 Å². The highest BCUT2D eigenvalue weighted by Gasteiger charge is 2.29. The first-order valence-electron chi connectivity index (χ1n) is 40.9. The summed E-state index contributed by atoms with van der Waals surface area (Å²) in [6, 6.07) is 0. The van der Waals surface area contributed by atoms with Gasteiger partial charge in [0.1, 0.15) is 25.4 Å². The van der Waals surface area contributed by atoms with Gasteiger partial charge in [-0.25, -0.2) is 9.13 Å². The van der Waals surface area contributed by atoms with E-state index < -0.39 is 91.5 Å². The van der Waals surface area contributed by atoms with Gasteiger partial charge >= 0.3 is 33.6 Å². The van der Waals surface area contributed by atoms with Crippen LogP contribution in [0.1, 0.15) is 367 Å². The van der Waals surface area contributed by atoms with Crippen molar-refractivity contribution >= 4 is 33.6 Å². The lowest BCUT2D eigenvalue weighted by Gasteiger charge is -2.21. The lowest BCUT2D eigenvalue weighted by Crippen LogP contribution is -2.30. The Morgan fingerprint density at radius 3 is 0.802 bits per heavy atom. The minimum atomic E-state index is -4.92. The molecule has 18 heteroatoms. The van der Waals surface area contributed by atoms with Gasteiger partial charge in [0.15, 0.2) is 6.10 Å². The fourth-order valence-electron chi connectivity index (χ4n) is 11.3. The van der Waals surface area contributed by atoms with E-state index in [0.29, 0.717) is 19.3 Å². The van der Waals surface area contributed by atoms with Crippen molar-refractivity contribution in [3.8, 4) is 0 Å². The monoisotopic (exact) mass is 1470 g/mol. The largest absolute Gasteiger partial charge is 0.472 e. The number of aliphatic hydroxyl groups is 2. The van der Waals surface area contributed by atoms with Crippen LogP contribution in [-0.2, 0) is 55.8 Å². The third-order valence-electron chi connectivity index (χ3n) is 17.6. The number of unbranched alkanes of at least 4 members (excludes halogenated alkanes) is 41. The number of aliphatic hydroxyl groups excluding tert-OH is 2. The number of phosphoric ester groups is 2. The Morgan fingerprint density at radius 1 is 0.277 bits per heavy atom. The summed E-state index contributed by atoms with van der Waals surface area (Å²) in [5, 5.41) is 20.6. The van der Waals surface area contributed by atoms with Crippen molar-refractivity contribution in [3.63, 3.8) is 0 Å². The number of carbonyl (C=O) groups excluding carboxylic acids is 3. The Kier molecular flexibility index (Phi) is 73.9. The zero-order valence-corrected chi connectivity index (χ0v) is 66.1. The highest BCUT2D eigenvalue weighted by atomic mass is 31.2. The molecule has 0 spiro atoms. The summed E-state index contributed by atoms with van der Waals surface area (Å²) in [5.41, 5.74) is 0. The van der Waals surface area contributed by atoms with Gasteiger partial charge < -0.3 is 34.2 Å². The van der Waals surface area contributed by atoms with E-state index in [1.807, 2.05) is 0 Å². The summed E-state index contributed by atoms with van der Waals surface area (Å²) in [6.45, 7) is 2.64. The Balaban J connectivity index is 4.30. The van der Waals surface area contributed by atoms with E-state index in [2.05, 4.69) is 106 Å². The van der Waals surface area contributed by atoms with E-state index in [0.717, 1.165) is 122 Å². The van der Waals surface area contributed by atoms with Crippen LogP contribution in [0.4, 0.5) is 0 Å². The molecule has 0 saturated carbocycles. The fourth-order valence-corrected chi connectivity index (χ4v) is 12.9. The van der Waals surface area contributed by atoms with E-state index in [9.17, 15) is 43.5 Å². The molecular formula is C83H150O16P2. The highest BCUT2D eigenvalue weighted by molar-refractivity contribution is 7.47. The molecule has 0 aromatic rings. The Morgan fingerprint density at radius 2 is 0.495 bits per heavy atom. The maximum atomic E-state index is 12.9. The molecular weight excluding hydrogens is 1310 g/mol. The molecule has 0 amide bonds. The van der Waals surface area contributed by atoms with E-state index in [1.165, 1.54) is 186 Å². The lowest BCUT2D eigenvalue weighted by atomic mass is 10.0. The van der Waals surface area contributed by atoms with Crippen molar-refractivity contribution in [2.24, 2.45) is 0 Å². The van der Waals surface area contributed by atoms with E-state index in [4.69, 9.17) is 32.3 Å². The molecule has 0 heterocycles. The van der Waals surface area contributed by atoms with Crippen molar-refractivity contribution in [1.82, 2.24) is 0 Å². The summed E-state index contributed by atoms with van der Waals surface area (Å²) in [6.07, 6.45) is 86.6. The number of phosphoric acid groups is 2. The van der Waals surface area contributed by atoms with Crippen LogP contribution in [0.3, 0.4) is 0 Å². The molecule has 0 bridgehead atoms. The Labute approximate surface area is 616 Å². The van der Waals surface area contributed by atoms with Crippen LogP contribution in [-0.4, -0.2) is 95.9 Å². The summed E-state index contributed by atoms with van der Waals surface area (Å²) >= 11 is 0. The summed E-state index contributed by atoms with van der Waals surface area (Å²) in [7, 11) is -9.77. The molecule has 0 aliphatic rings. The van der Waals surface area contributed by atoms with Crippen LogP contribution >= 0.6 is 15.6 Å². The standard InChI is InChI=1S/C83H150O16P2/c1-4-7-10-13-16-19-22-24-26-28-30-31-32-33-34-35-36-37-38-39-40-41-42-43-44-45-47-49-50-52-55-57-60-63-66-69-81(86)93-72-78(84)73-95-100(89,90)96-74-79(85)75-97-101(91,92)98-77-80(99-83(88)71-68-65-62-59-54-21-18-15-12-9-6-3)76-94-82(87)70-67-64-61-58-56-53-51-48-46-29-27-25-23-20-17-14-11-8-5-2/h16-17,19-20,24-27,30-31,33-34,46,48,78-80,84-85H,4-15,18,21-23,28-29,32,35-45,47,49-77H2,1-3H3,(H,89,90)(H,91,92)/b19-16-,20-17-,26-24-,27-25-,31-30-,34-33-,48-46-. The zero-order chi connectivity index (χ0) is 73.7. The maximum absolute atomic E-state index is 12.9. The minimum absolute atomic E-state index is 0.106. The number of rotatable bonds is 78. The molecule has 16 nitrogen and oxygen atoms in total. The predicted molar refractivity (Wildman–Crippen MR) is 418 cm³/mol. The van der Waals surface area contributed by atoms with Crippen LogP contribution in [0.2, 0.25) is 0 Å². The van der Waals surface area contributed by atoms with Crippen molar-refractivity contribution < 1.29 is 75.8 Å². The molecule has 0 radical (unpaired) electrons. The van der Waals surface area contributed by atoms with Gasteiger partial charge in [-0.2, -0.15) is 0 Å². The molecule has 0 aliphatic carbocycles. The molecule has 0 aromatic heterocycles. The molecule has 4 N–H and O–H groups in total. The second kappa shape index (κ2) is 76.4. The van der Waals surface area contributed by atoms with E-state index in [-0.39, 0.29) is 19.3 Å². The van der Waals surface area contributed by atoms with Crippen LogP contribution < -0.4 is 0 Å². The first kappa shape index (κ1) is 97.7. The number of carbonyl (C=O) groups is 3. The van der Waals surface area contributed by atoms with Crippen molar-refractivity contribution in [2.75, 3.05) is 39.6 Å². The predicted octanol–water partition coefficient (Wildman–Crippen LogP) is 24.0. The third-order valence-corrected chi connectivity index (χ3v) is 19.5. The van der Waals surface area contributed by atoms with Crippen LogP contribution in [0.25, 0.3) is 0 Å². The minimum Gasteiger partial charge on any atom is -0.463 e. The molecule has 588 valence electrons. The summed E-state index contributed by atoms with van der Waals surface area (Å²) in [4.78, 5) is 58.5. The average molecular weight is 1470 g/mol. The number of ether oxygens (including phenoxy) is 3. The van der Waals surface area contributed by atoms with Gasteiger partial charge in [0.25, 0.3) is 0 Å². The van der Waals surface area contributed by atoms with Crippen molar-refractivity contribution in [3.05, 3.63) is 85.1 Å². The molecule has 101 heavy (non-hydrogen) atoms. The molecule has 5 atom stereocenters. The SMILES string of the molecule is CCCCC/C=C\C/C=C\C/C=C\C/C=C\CCCCCCCCCCCCCCCCCCCCCC(=O)OCC(O)COP(=O)(O)OCC(O)COP(=O)(O)OCC(COC(=O)CCCCCCCC/C=C\C/C=C\C/C=C\CCCCC)OC(=O)CCCCCCCCCCCCC. The molecule has 0 saturated heterocycles. The summed E-state index contributed by atoms with van der Waals surface area (Å²) < 4.78 is 61.1. The average Bonchev–Trinajstić information content (AvgIpc) is 0.974. The lowest BCUT2D eigenvalue weighted by molar-refractivity contribution is -0.161. The van der Waals surface area contributed by atoms with Gasteiger partial charge in [-0.05, 0) is 103 Å². The topological polar surface area (TPSA) is 231 Å². The van der Waals surface area contributed by atoms with Gasteiger partial charge in [0.2, 0.25) is 0 Å². The zero-order valence-electron chi connectivity index (χ0n) is 64.3. The second-order valence-electron chi connectivity index (χ2n) is 27.6. The maximum Gasteiger partial charge on any atom is 0.472 e. The van der Waals surface area contributed by atoms with E-state index >= 15 is 0 Å². The fraction of sp³-hybridized carbons (Fsp3) is 0.795.